The second-order valence-corrected chi connectivity index (χ2v) is 11.5. The first-order valence-electron chi connectivity index (χ1n) is 16.6. The van der Waals surface area contributed by atoms with Crippen LogP contribution in [0.4, 0.5) is 0 Å². The maximum absolute atomic E-state index is 12.3. The Labute approximate surface area is 236 Å². The monoisotopic (exact) mass is 530 g/mol. The largest absolute Gasteiger partial charge is 0.466 e. The first kappa shape index (κ1) is 34.7. The van der Waals surface area contributed by atoms with Crippen LogP contribution in [-0.2, 0) is 28.8 Å². The van der Waals surface area contributed by atoms with E-state index in [0.717, 1.165) is 38.5 Å². The average molecular weight is 531 g/mol. The number of hydrogen-bond donors (Lipinski definition) is 1. The molecule has 0 aliphatic heterocycles. The number of hydrogen-bond acceptors (Lipinski definition) is 3. The molecule has 0 saturated heterocycles. The number of aliphatic hydroxyl groups excluding tert-OH is 1. The van der Waals surface area contributed by atoms with Crippen LogP contribution in [0.2, 0.25) is 0 Å². The highest BCUT2D eigenvalue weighted by atomic mass is 16.5. The SMILES string of the molecule is CCCCCCCCCCCCCCCCCCOC(=O)CCc1cc(CCCC)cc(CCCCO)c1. The third-order valence-corrected chi connectivity index (χ3v) is 7.68. The number of benzene rings is 1. The lowest BCUT2D eigenvalue weighted by atomic mass is 9.97. The molecule has 220 valence electrons. The number of aryl methyl sites for hydroxylation is 3. The first-order valence-corrected chi connectivity index (χ1v) is 16.6. The van der Waals surface area contributed by atoms with Gasteiger partial charge in [0.2, 0.25) is 0 Å². The van der Waals surface area contributed by atoms with Gasteiger partial charge in [0.05, 0.1) is 6.61 Å². The van der Waals surface area contributed by atoms with Crippen LogP contribution in [0.25, 0.3) is 0 Å². The Balaban J connectivity index is 2.04. The minimum Gasteiger partial charge on any atom is -0.466 e. The van der Waals surface area contributed by atoms with Crippen LogP contribution in [0.15, 0.2) is 18.2 Å². The van der Waals surface area contributed by atoms with Gasteiger partial charge in [-0.15, -0.1) is 0 Å². The lowest BCUT2D eigenvalue weighted by Crippen LogP contribution is -2.07. The Hall–Kier alpha value is -1.35. The van der Waals surface area contributed by atoms with Crippen molar-refractivity contribution in [1.82, 2.24) is 0 Å². The second-order valence-electron chi connectivity index (χ2n) is 11.5. The molecule has 0 spiro atoms. The average Bonchev–Trinajstić information content (AvgIpc) is 2.92. The molecule has 0 bridgehead atoms. The van der Waals surface area contributed by atoms with E-state index < -0.39 is 0 Å². The van der Waals surface area contributed by atoms with Crippen LogP contribution < -0.4 is 0 Å². The molecule has 0 aromatic heterocycles. The lowest BCUT2D eigenvalue weighted by molar-refractivity contribution is -0.143. The fourth-order valence-corrected chi connectivity index (χ4v) is 5.25. The molecule has 1 N–H and O–H groups in total. The van der Waals surface area contributed by atoms with Crippen molar-refractivity contribution in [3.63, 3.8) is 0 Å². The van der Waals surface area contributed by atoms with Gasteiger partial charge in [0.15, 0.2) is 0 Å². The number of carbonyl (C=O) groups is 1. The van der Waals surface area contributed by atoms with Gasteiger partial charge in [-0.05, 0) is 61.6 Å². The highest BCUT2D eigenvalue weighted by Gasteiger charge is 2.07. The molecule has 1 aromatic carbocycles. The van der Waals surface area contributed by atoms with E-state index in [-0.39, 0.29) is 12.6 Å². The van der Waals surface area contributed by atoms with Gasteiger partial charge < -0.3 is 9.84 Å². The van der Waals surface area contributed by atoms with E-state index in [1.165, 1.54) is 126 Å². The molecule has 3 nitrogen and oxygen atoms in total. The van der Waals surface area contributed by atoms with Crippen molar-refractivity contribution >= 4 is 5.97 Å². The summed E-state index contributed by atoms with van der Waals surface area (Å²) in [7, 11) is 0. The number of rotatable bonds is 27. The van der Waals surface area contributed by atoms with Gasteiger partial charge in [-0.3, -0.25) is 4.79 Å². The van der Waals surface area contributed by atoms with Crippen LogP contribution in [0, 0.1) is 0 Å². The molecule has 0 radical (unpaired) electrons. The van der Waals surface area contributed by atoms with E-state index in [9.17, 15) is 4.79 Å². The van der Waals surface area contributed by atoms with Crippen LogP contribution in [0.1, 0.15) is 165 Å². The van der Waals surface area contributed by atoms with Gasteiger partial charge in [-0.1, -0.05) is 135 Å². The Bertz CT molecular complexity index is 669. The summed E-state index contributed by atoms with van der Waals surface area (Å²) in [5, 5.41) is 9.08. The predicted octanol–water partition coefficient (Wildman–Crippen LogP) is 10.1. The van der Waals surface area contributed by atoms with E-state index >= 15 is 0 Å². The molecule has 3 heteroatoms. The summed E-state index contributed by atoms with van der Waals surface area (Å²) in [5.41, 5.74) is 3.96. The summed E-state index contributed by atoms with van der Waals surface area (Å²) < 4.78 is 5.52. The normalized spacial score (nSPS) is 11.2. The summed E-state index contributed by atoms with van der Waals surface area (Å²) in [6.45, 7) is 5.34. The van der Waals surface area contributed by atoms with E-state index in [0.29, 0.717) is 13.0 Å². The fraction of sp³-hybridized carbons (Fsp3) is 0.800. The van der Waals surface area contributed by atoms with Gasteiger partial charge >= 0.3 is 5.97 Å². The molecular formula is C35H62O3. The van der Waals surface area contributed by atoms with Crippen molar-refractivity contribution in [2.45, 2.75) is 168 Å². The van der Waals surface area contributed by atoms with E-state index in [1.54, 1.807) is 0 Å². The molecule has 38 heavy (non-hydrogen) atoms. The number of aliphatic hydroxyl groups is 1. The third-order valence-electron chi connectivity index (χ3n) is 7.68. The topological polar surface area (TPSA) is 46.5 Å². The van der Waals surface area contributed by atoms with Crippen molar-refractivity contribution in [1.29, 1.82) is 0 Å². The van der Waals surface area contributed by atoms with Gasteiger partial charge in [0.25, 0.3) is 0 Å². The van der Waals surface area contributed by atoms with Gasteiger partial charge in [0, 0.05) is 13.0 Å². The molecule has 0 unspecified atom stereocenters. The van der Waals surface area contributed by atoms with Gasteiger partial charge in [0.1, 0.15) is 0 Å². The highest BCUT2D eigenvalue weighted by molar-refractivity contribution is 5.69. The molecule has 0 aliphatic carbocycles. The summed E-state index contributed by atoms with van der Waals surface area (Å²) in [6.07, 6.45) is 29.2. The fourth-order valence-electron chi connectivity index (χ4n) is 5.25. The quantitative estimate of drug-likeness (QED) is 0.0909. The molecule has 0 atom stereocenters. The minimum absolute atomic E-state index is 0.0632. The highest BCUT2D eigenvalue weighted by Crippen LogP contribution is 2.17. The smallest absolute Gasteiger partial charge is 0.306 e. The van der Waals surface area contributed by atoms with Gasteiger partial charge in [-0.25, -0.2) is 0 Å². The van der Waals surface area contributed by atoms with Crippen LogP contribution >= 0.6 is 0 Å². The standard InChI is InChI=1S/C35H62O3/c1-3-5-7-8-9-10-11-12-13-14-15-16-17-18-19-22-28-38-35(37)26-25-34-30-32(23-6-4-2)29-33(31-34)24-20-21-27-36/h29-31,36H,3-28H2,1-2H3. The Kier molecular flexibility index (Phi) is 23.6. The molecule has 1 aromatic rings. The van der Waals surface area contributed by atoms with Crippen molar-refractivity contribution in [2.24, 2.45) is 0 Å². The maximum Gasteiger partial charge on any atom is 0.306 e. The number of esters is 1. The maximum atomic E-state index is 12.3. The summed E-state index contributed by atoms with van der Waals surface area (Å²) in [6, 6.07) is 6.83. The van der Waals surface area contributed by atoms with Crippen LogP contribution in [0.5, 0.6) is 0 Å². The Morgan fingerprint density at radius 3 is 1.45 bits per heavy atom. The molecule has 0 aliphatic rings. The van der Waals surface area contributed by atoms with Crippen LogP contribution in [0.3, 0.4) is 0 Å². The Morgan fingerprint density at radius 2 is 0.974 bits per heavy atom. The van der Waals surface area contributed by atoms with Crippen LogP contribution in [-0.4, -0.2) is 24.3 Å². The predicted molar refractivity (Wildman–Crippen MR) is 164 cm³/mol. The molecule has 0 heterocycles. The second kappa shape index (κ2) is 25.9. The Morgan fingerprint density at radius 1 is 0.553 bits per heavy atom. The third kappa shape index (κ3) is 20.6. The van der Waals surface area contributed by atoms with Crippen molar-refractivity contribution < 1.29 is 14.6 Å². The van der Waals surface area contributed by atoms with E-state index in [1.807, 2.05) is 0 Å². The van der Waals surface area contributed by atoms with Crippen molar-refractivity contribution in [3.8, 4) is 0 Å². The summed E-state index contributed by atoms with van der Waals surface area (Å²) in [4.78, 5) is 12.3. The number of carbonyl (C=O) groups excluding carboxylic acids is 1. The number of ether oxygens (including phenoxy) is 1. The molecule has 1 rings (SSSR count). The zero-order valence-electron chi connectivity index (χ0n) is 25.4. The summed E-state index contributed by atoms with van der Waals surface area (Å²) >= 11 is 0. The molecule has 0 fully saturated rings. The summed E-state index contributed by atoms with van der Waals surface area (Å²) in [5.74, 6) is -0.0632. The van der Waals surface area contributed by atoms with Crippen molar-refractivity contribution in [3.05, 3.63) is 34.9 Å². The van der Waals surface area contributed by atoms with E-state index in [4.69, 9.17) is 9.84 Å². The zero-order valence-corrected chi connectivity index (χ0v) is 25.4. The van der Waals surface area contributed by atoms with Gasteiger partial charge in [-0.2, -0.15) is 0 Å². The minimum atomic E-state index is -0.0632. The zero-order chi connectivity index (χ0) is 27.5. The molecule has 0 amide bonds. The first-order chi connectivity index (χ1) is 18.7. The molecule has 0 saturated carbocycles. The lowest BCUT2D eigenvalue weighted by Gasteiger charge is -2.10. The van der Waals surface area contributed by atoms with E-state index in [2.05, 4.69) is 32.0 Å². The number of unbranched alkanes of at least 4 members (excludes halogenated alkanes) is 17. The molecular weight excluding hydrogens is 468 g/mol. The van der Waals surface area contributed by atoms with Crippen molar-refractivity contribution in [2.75, 3.05) is 13.2 Å².